The zero-order chi connectivity index (χ0) is 14.9. The zero-order valence-electron chi connectivity index (χ0n) is 11.5. The van der Waals surface area contributed by atoms with E-state index in [1.165, 1.54) is 27.4 Å². The Hall–Kier alpha value is -1.11. The van der Waals surface area contributed by atoms with Crippen molar-refractivity contribution in [2.75, 3.05) is 27.2 Å². The van der Waals surface area contributed by atoms with Crippen LogP contribution in [0.25, 0.3) is 0 Å². The molecule has 0 saturated carbocycles. The number of benzene rings is 1. The highest BCUT2D eigenvalue weighted by Gasteiger charge is 2.29. The van der Waals surface area contributed by atoms with E-state index in [9.17, 15) is 13.2 Å². The molecule has 0 aliphatic carbocycles. The third kappa shape index (κ3) is 2.82. The van der Waals surface area contributed by atoms with Gasteiger partial charge in [-0.2, -0.15) is 4.31 Å². The summed E-state index contributed by atoms with van der Waals surface area (Å²) in [6, 6.07) is 4.35. The van der Waals surface area contributed by atoms with Gasteiger partial charge in [-0.25, -0.2) is 8.42 Å². The summed E-state index contributed by atoms with van der Waals surface area (Å²) in [6.45, 7) is 1.01. The number of carbonyl (C=O) groups is 1. The maximum absolute atomic E-state index is 12.5. The first-order chi connectivity index (χ1) is 9.34. The molecule has 0 spiro atoms. The summed E-state index contributed by atoms with van der Waals surface area (Å²) in [5, 5.41) is 0.146. The average Bonchev–Trinajstić information content (AvgIpc) is 2.92. The van der Waals surface area contributed by atoms with Gasteiger partial charge < -0.3 is 4.90 Å². The molecule has 1 amide bonds. The van der Waals surface area contributed by atoms with Gasteiger partial charge in [-0.1, -0.05) is 11.6 Å². The van der Waals surface area contributed by atoms with Gasteiger partial charge in [0.1, 0.15) is 4.90 Å². The van der Waals surface area contributed by atoms with E-state index in [4.69, 9.17) is 11.6 Å². The predicted octanol–water partition coefficient (Wildman–Crippen LogP) is 1.83. The maximum Gasteiger partial charge on any atom is 0.253 e. The number of rotatable bonds is 3. The maximum atomic E-state index is 12.5. The van der Waals surface area contributed by atoms with E-state index in [1.807, 2.05) is 0 Å². The number of carbonyl (C=O) groups excluding carboxylic acids is 1. The minimum Gasteiger partial charge on any atom is -0.345 e. The molecule has 0 aromatic heterocycles. The van der Waals surface area contributed by atoms with E-state index in [0.717, 1.165) is 12.8 Å². The highest BCUT2D eigenvalue weighted by Crippen LogP contribution is 2.28. The molecule has 0 atom stereocenters. The Labute approximate surface area is 124 Å². The van der Waals surface area contributed by atoms with E-state index in [2.05, 4.69) is 0 Å². The van der Waals surface area contributed by atoms with Crippen molar-refractivity contribution in [3.63, 3.8) is 0 Å². The summed E-state index contributed by atoms with van der Waals surface area (Å²) in [6.07, 6.45) is 1.71. The Bertz CT molecular complexity index is 623. The third-order valence-electron chi connectivity index (χ3n) is 3.27. The van der Waals surface area contributed by atoms with Gasteiger partial charge in [0.2, 0.25) is 10.0 Å². The van der Waals surface area contributed by atoms with Crippen LogP contribution < -0.4 is 0 Å². The second kappa shape index (κ2) is 5.71. The summed E-state index contributed by atoms with van der Waals surface area (Å²) in [7, 11) is -0.387. The quantitative estimate of drug-likeness (QED) is 0.855. The Morgan fingerprint density at radius 2 is 1.85 bits per heavy atom. The molecule has 1 aromatic carbocycles. The number of hydrogen-bond acceptors (Lipinski definition) is 3. The molecule has 0 N–H and O–H groups in total. The lowest BCUT2D eigenvalue weighted by Gasteiger charge is -2.17. The molecule has 2 rings (SSSR count). The van der Waals surface area contributed by atoms with Crippen molar-refractivity contribution in [3.05, 3.63) is 28.8 Å². The lowest BCUT2D eigenvalue weighted by atomic mass is 10.2. The first kappa shape index (κ1) is 15.3. The first-order valence-electron chi connectivity index (χ1n) is 6.35. The molecule has 1 aliphatic heterocycles. The number of halogens is 1. The highest BCUT2D eigenvalue weighted by molar-refractivity contribution is 7.89. The van der Waals surface area contributed by atoms with Gasteiger partial charge in [0, 0.05) is 32.7 Å². The Morgan fingerprint density at radius 1 is 1.25 bits per heavy atom. The SMILES string of the molecule is CN(C)C(=O)c1ccc(Cl)c(S(=O)(=O)N2CCCC2)c1. The fourth-order valence-electron chi connectivity index (χ4n) is 2.16. The van der Waals surface area contributed by atoms with Gasteiger partial charge in [0.15, 0.2) is 0 Å². The van der Waals surface area contributed by atoms with Crippen molar-refractivity contribution in [3.8, 4) is 0 Å². The second-order valence-corrected chi connectivity index (χ2v) is 7.27. The molecule has 0 unspecified atom stereocenters. The van der Waals surface area contributed by atoms with Crippen molar-refractivity contribution in [2.45, 2.75) is 17.7 Å². The van der Waals surface area contributed by atoms with Crippen LogP contribution in [0.2, 0.25) is 5.02 Å². The molecule has 110 valence electrons. The lowest BCUT2D eigenvalue weighted by molar-refractivity contribution is 0.0827. The largest absolute Gasteiger partial charge is 0.345 e. The molecule has 1 fully saturated rings. The number of amides is 1. The fraction of sp³-hybridized carbons (Fsp3) is 0.462. The summed E-state index contributed by atoms with van der Waals surface area (Å²) >= 11 is 6.01. The highest BCUT2D eigenvalue weighted by atomic mass is 35.5. The molecule has 5 nitrogen and oxygen atoms in total. The van der Waals surface area contributed by atoms with E-state index in [0.29, 0.717) is 18.7 Å². The van der Waals surface area contributed by atoms with Crippen molar-refractivity contribution < 1.29 is 13.2 Å². The lowest BCUT2D eigenvalue weighted by Crippen LogP contribution is -2.28. The normalized spacial score (nSPS) is 16.4. The Balaban J connectivity index is 2.45. The number of hydrogen-bond donors (Lipinski definition) is 0. The molecule has 1 heterocycles. The van der Waals surface area contributed by atoms with Crippen LogP contribution in [-0.4, -0.2) is 50.7 Å². The second-order valence-electron chi connectivity index (χ2n) is 4.96. The molecule has 1 aromatic rings. The average molecular weight is 317 g/mol. The summed E-state index contributed by atoms with van der Waals surface area (Å²) in [4.78, 5) is 13.3. The van der Waals surface area contributed by atoms with Crippen molar-refractivity contribution in [1.82, 2.24) is 9.21 Å². The van der Waals surface area contributed by atoms with Crippen molar-refractivity contribution in [1.29, 1.82) is 0 Å². The molecule has 20 heavy (non-hydrogen) atoms. The smallest absolute Gasteiger partial charge is 0.253 e. The number of sulfonamides is 1. The number of nitrogens with zero attached hydrogens (tertiary/aromatic N) is 2. The van der Waals surface area contributed by atoms with E-state index < -0.39 is 10.0 Å². The molecule has 1 saturated heterocycles. The fourth-order valence-corrected chi connectivity index (χ4v) is 4.18. The Kier molecular flexibility index (Phi) is 4.36. The van der Waals surface area contributed by atoms with Crippen LogP contribution in [0.5, 0.6) is 0 Å². The van der Waals surface area contributed by atoms with Crippen LogP contribution in [0.4, 0.5) is 0 Å². The van der Waals surface area contributed by atoms with Crippen LogP contribution in [0.1, 0.15) is 23.2 Å². The summed E-state index contributed by atoms with van der Waals surface area (Å²) in [5.41, 5.74) is 0.317. The topological polar surface area (TPSA) is 57.7 Å². The molecule has 0 radical (unpaired) electrons. The standard InChI is InChI=1S/C13H17ClN2O3S/c1-15(2)13(17)10-5-6-11(14)12(9-10)20(18,19)16-7-3-4-8-16/h5-6,9H,3-4,7-8H2,1-2H3. The summed E-state index contributed by atoms with van der Waals surface area (Å²) < 4.78 is 26.4. The molecule has 0 bridgehead atoms. The van der Waals surface area contributed by atoms with Gasteiger partial charge >= 0.3 is 0 Å². The predicted molar refractivity (Wildman–Crippen MR) is 77.5 cm³/mol. The third-order valence-corrected chi connectivity index (χ3v) is 5.65. The van der Waals surface area contributed by atoms with Crippen LogP contribution in [0, 0.1) is 0 Å². The van der Waals surface area contributed by atoms with Crippen LogP contribution >= 0.6 is 11.6 Å². The van der Waals surface area contributed by atoms with Gasteiger partial charge in [0.05, 0.1) is 5.02 Å². The van der Waals surface area contributed by atoms with Crippen LogP contribution in [0.15, 0.2) is 23.1 Å². The van der Waals surface area contributed by atoms with E-state index in [1.54, 1.807) is 14.1 Å². The first-order valence-corrected chi connectivity index (χ1v) is 8.17. The van der Waals surface area contributed by atoms with Gasteiger partial charge in [-0.15, -0.1) is 0 Å². The minimum atomic E-state index is -3.62. The van der Waals surface area contributed by atoms with E-state index >= 15 is 0 Å². The molecule has 7 heteroatoms. The monoisotopic (exact) mass is 316 g/mol. The Morgan fingerprint density at radius 3 is 2.40 bits per heavy atom. The van der Waals surface area contributed by atoms with Crippen LogP contribution in [-0.2, 0) is 10.0 Å². The summed E-state index contributed by atoms with van der Waals surface area (Å²) in [5.74, 6) is -0.250. The zero-order valence-corrected chi connectivity index (χ0v) is 13.0. The van der Waals surface area contributed by atoms with Gasteiger partial charge in [-0.3, -0.25) is 4.79 Å². The van der Waals surface area contributed by atoms with Gasteiger partial charge in [-0.05, 0) is 31.0 Å². The molecular weight excluding hydrogens is 300 g/mol. The van der Waals surface area contributed by atoms with Crippen molar-refractivity contribution >= 4 is 27.5 Å². The van der Waals surface area contributed by atoms with Gasteiger partial charge in [0.25, 0.3) is 5.91 Å². The molecular formula is C13H17ClN2O3S. The van der Waals surface area contributed by atoms with E-state index in [-0.39, 0.29) is 15.8 Å². The minimum absolute atomic E-state index is 0.00812. The molecule has 1 aliphatic rings. The van der Waals surface area contributed by atoms with Crippen molar-refractivity contribution in [2.24, 2.45) is 0 Å². The van der Waals surface area contributed by atoms with Crippen LogP contribution in [0.3, 0.4) is 0 Å².